The van der Waals surface area contributed by atoms with Gasteiger partial charge in [0, 0.05) is 16.3 Å². The number of benzene rings is 1. The molecule has 8 heteroatoms. The highest BCUT2D eigenvalue weighted by molar-refractivity contribution is 14.1. The fourth-order valence-electron chi connectivity index (χ4n) is 1.90. The summed E-state index contributed by atoms with van der Waals surface area (Å²) in [6, 6.07) is 6.98. The average molecular weight is 428 g/mol. The number of nitrogens with one attached hydrogen (secondary N) is 1. The molecule has 0 saturated heterocycles. The van der Waals surface area contributed by atoms with Gasteiger partial charge in [-0.25, -0.2) is 9.36 Å². The number of aromatic hydroxyl groups is 1. The number of likely N-dealkylation sites (N-methyl/N-ethyl adjacent to an activating group) is 1. The number of rotatable bonds is 5. The van der Waals surface area contributed by atoms with E-state index in [9.17, 15) is 14.7 Å². The topological polar surface area (TPSA) is 90.7 Å². The molecule has 2 aromatic rings. The van der Waals surface area contributed by atoms with E-state index in [1.165, 1.54) is 6.21 Å². The van der Waals surface area contributed by atoms with E-state index in [0.717, 1.165) is 8.14 Å². The fourth-order valence-corrected chi connectivity index (χ4v) is 2.26. The van der Waals surface area contributed by atoms with Gasteiger partial charge in [-0.3, -0.25) is 14.8 Å². The van der Waals surface area contributed by atoms with Gasteiger partial charge in [0.05, 0.1) is 12.2 Å². The van der Waals surface area contributed by atoms with Gasteiger partial charge in [0.1, 0.15) is 5.56 Å². The molecule has 0 amide bonds. The molecule has 0 bridgehead atoms. The average Bonchev–Trinajstić information content (AvgIpc) is 2.47. The molecule has 0 unspecified atom stereocenters. The summed E-state index contributed by atoms with van der Waals surface area (Å²) < 4.78 is 2.04. The Morgan fingerprint density at radius 2 is 1.96 bits per heavy atom. The number of aromatic amines is 1. The van der Waals surface area contributed by atoms with Crippen molar-refractivity contribution in [1.29, 1.82) is 0 Å². The van der Waals surface area contributed by atoms with Crippen molar-refractivity contribution in [2.24, 2.45) is 4.99 Å². The highest BCUT2D eigenvalue weighted by Crippen LogP contribution is 2.16. The number of nitrogens with zero attached hydrogens (tertiary/aromatic N) is 3. The summed E-state index contributed by atoms with van der Waals surface area (Å²) >= 11 is 2.14. The van der Waals surface area contributed by atoms with Crippen LogP contribution in [-0.4, -0.2) is 53.0 Å². The first-order chi connectivity index (χ1) is 10.9. The lowest BCUT2D eigenvalue weighted by Crippen LogP contribution is -2.31. The summed E-state index contributed by atoms with van der Waals surface area (Å²) in [6.45, 7) is 1.19. The standard InChI is InChI=1S/C15H17IN4O3/c1-19(2)8-7-17-9-12-13(21)18-15(23)20(14(12)22)11-5-3-10(16)4-6-11/h3-6,9,22H,7-8H2,1-2H3,(H,18,21,23). The molecule has 2 rings (SSSR count). The van der Waals surface area contributed by atoms with Crippen molar-refractivity contribution < 1.29 is 5.11 Å². The van der Waals surface area contributed by atoms with Crippen LogP contribution in [0.3, 0.4) is 0 Å². The quantitative estimate of drug-likeness (QED) is 0.545. The van der Waals surface area contributed by atoms with E-state index in [1.54, 1.807) is 24.3 Å². The second kappa shape index (κ2) is 7.55. The van der Waals surface area contributed by atoms with Crippen molar-refractivity contribution in [3.8, 4) is 11.6 Å². The van der Waals surface area contributed by atoms with E-state index >= 15 is 0 Å². The van der Waals surface area contributed by atoms with E-state index < -0.39 is 17.1 Å². The third-order valence-corrected chi connectivity index (χ3v) is 3.82. The summed E-state index contributed by atoms with van der Waals surface area (Å²) in [5, 5.41) is 10.3. The first kappa shape index (κ1) is 17.4. The van der Waals surface area contributed by atoms with Gasteiger partial charge in [-0.1, -0.05) is 0 Å². The zero-order chi connectivity index (χ0) is 17.0. The van der Waals surface area contributed by atoms with Gasteiger partial charge < -0.3 is 10.0 Å². The van der Waals surface area contributed by atoms with E-state index in [1.807, 2.05) is 19.0 Å². The van der Waals surface area contributed by atoms with Gasteiger partial charge >= 0.3 is 5.69 Å². The zero-order valence-corrected chi connectivity index (χ0v) is 14.9. The molecule has 0 aliphatic heterocycles. The molecular formula is C15H17IN4O3. The highest BCUT2D eigenvalue weighted by atomic mass is 127. The molecule has 1 aromatic heterocycles. The van der Waals surface area contributed by atoms with Crippen LogP contribution in [0.25, 0.3) is 5.69 Å². The monoisotopic (exact) mass is 428 g/mol. The van der Waals surface area contributed by atoms with Gasteiger partial charge in [0.2, 0.25) is 5.88 Å². The Morgan fingerprint density at radius 3 is 2.57 bits per heavy atom. The van der Waals surface area contributed by atoms with Crippen LogP contribution < -0.4 is 11.2 Å². The summed E-state index contributed by atoms with van der Waals surface area (Å²) in [7, 11) is 3.83. The minimum atomic E-state index is -0.695. The minimum absolute atomic E-state index is 0.0399. The van der Waals surface area contributed by atoms with Crippen molar-refractivity contribution in [2.75, 3.05) is 27.2 Å². The maximum absolute atomic E-state index is 12.0. The van der Waals surface area contributed by atoms with Crippen LogP contribution in [0.4, 0.5) is 0 Å². The Morgan fingerprint density at radius 1 is 1.30 bits per heavy atom. The van der Waals surface area contributed by atoms with Crippen LogP contribution in [-0.2, 0) is 0 Å². The largest absolute Gasteiger partial charge is 0.493 e. The van der Waals surface area contributed by atoms with Gasteiger partial charge in [0.15, 0.2) is 0 Å². The first-order valence-electron chi connectivity index (χ1n) is 6.89. The summed E-state index contributed by atoms with van der Waals surface area (Å²) in [5.41, 5.74) is -0.934. The van der Waals surface area contributed by atoms with Crippen LogP contribution in [0.15, 0.2) is 38.8 Å². The summed E-state index contributed by atoms with van der Waals surface area (Å²) in [5.74, 6) is -0.423. The highest BCUT2D eigenvalue weighted by Gasteiger charge is 2.13. The van der Waals surface area contributed by atoms with Gasteiger partial charge in [-0.2, -0.15) is 0 Å². The van der Waals surface area contributed by atoms with E-state index in [0.29, 0.717) is 18.8 Å². The minimum Gasteiger partial charge on any atom is -0.493 e. The fraction of sp³-hybridized carbons (Fsp3) is 0.267. The van der Waals surface area contributed by atoms with Gasteiger partial charge in [-0.15, -0.1) is 0 Å². The predicted molar refractivity (Wildman–Crippen MR) is 98.1 cm³/mol. The van der Waals surface area contributed by atoms with E-state index in [-0.39, 0.29) is 5.56 Å². The number of hydrogen-bond donors (Lipinski definition) is 2. The second-order valence-corrected chi connectivity index (χ2v) is 6.39. The van der Waals surface area contributed by atoms with Crippen LogP contribution in [0, 0.1) is 3.57 Å². The van der Waals surface area contributed by atoms with Crippen molar-refractivity contribution >= 4 is 28.8 Å². The molecule has 23 heavy (non-hydrogen) atoms. The predicted octanol–water partition coefficient (Wildman–Crippen LogP) is 0.816. The molecule has 0 aliphatic rings. The van der Waals surface area contributed by atoms with Crippen LogP contribution in [0.5, 0.6) is 5.88 Å². The number of aliphatic imine (C=N–C) groups is 1. The van der Waals surface area contributed by atoms with E-state index in [4.69, 9.17) is 0 Å². The summed E-state index contributed by atoms with van der Waals surface area (Å²) in [6.07, 6.45) is 1.29. The maximum Gasteiger partial charge on any atom is 0.335 e. The number of halogens is 1. The van der Waals surface area contributed by atoms with Crippen LogP contribution in [0.2, 0.25) is 0 Å². The molecule has 1 heterocycles. The summed E-state index contributed by atoms with van der Waals surface area (Å²) in [4.78, 5) is 32.2. The van der Waals surface area contributed by atoms with Crippen molar-refractivity contribution in [3.63, 3.8) is 0 Å². The Balaban J connectivity index is 2.45. The molecular weight excluding hydrogens is 411 g/mol. The third kappa shape index (κ3) is 4.29. The molecule has 0 radical (unpaired) electrons. The van der Waals surface area contributed by atoms with Crippen molar-refractivity contribution in [3.05, 3.63) is 54.2 Å². The SMILES string of the molecule is CN(C)CCN=Cc1c(O)n(-c2ccc(I)cc2)c(=O)[nH]c1=O. The Kier molecular flexibility index (Phi) is 5.72. The first-order valence-corrected chi connectivity index (χ1v) is 7.97. The zero-order valence-electron chi connectivity index (χ0n) is 12.8. The van der Waals surface area contributed by atoms with Crippen molar-refractivity contribution in [1.82, 2.24) is 14.5 Å². The van der Waals surface area contributed by atoms with Gasteiger partial charge in [-0.05, 0) is 61.0 Å². The number of hydrogen-bond acceptors (Lipinski definition) is 5. The molecule has 0 atom stereocenters. The number of H-pyrrole nitrogens is 1. The number of aromatic nitrogens is 2. The Labute approximate surface area is 146 Å². The normalized spacial score (nSPS) is 11.5. The Hall–Kier alpha value is -1.94. The molecule has 0 aliphatic carbocycles. The molecule has 7 nitrogen and oxygen atoms in total. The lowest BCUT2D eigenvalue weighted by molar-refractivity contribution is 0.420. The van der Waals surface area contributed by atoms with Crippen LogP contribution >= 0.6 is 22.6 Å². The Bertz CT molecular complexity index is 822. The molecule has 1 aromatic carbocycles. The van der Waals surface area contributed by atoms with Crippen LogP contribution in [0.1, 0.15) is 5.56 Å². The van der Waals surface area contributed by atoms with E-state index in [2.05, 4.69) is 32.6 Å². The van der Waals surface area contributed by atoms with Gasteiger partial charge in [0.25, 0.3) is 5.56 Å². The maximum atomic E-state index is 12.0. The lowest BCUT2D eigenvalue weighted by atomic mass is 10.3. The third-order valence-electron chi connectivity index (χ3n) is 3.10. The molecule has 0 spiro atoms. The second-order valence-electron chi connectivity index (χ2n) is 5.15. The molecule has 0 fully saturated rings. The lowest BCUT2D eigenvalue weighted by Gasteiger charge is -2.10. The molecule has 122 valence electrons. The van der Waals surface area contributed by atoms with Crippen molar-refractivity contribution in [2.45, 2.75) is 0 Å². The molecule has 2 N–H and O–H groups in total. The smallest absolute Gasteiger partial charge is 0.335 e. The molecule has 0 saturated carbocycles.